The smallest absolute Gasteiger partial charge is 0.252 e. The van der Waals surface area contributed by atoms with Crippen LogP contribution in [-0.4, -0.2) is 37.4 Å². The molecule has 0 saturated heterocycles. The number of amides is 2. The van der Waals surface area contributed by atoms with E-state index in [2.05, 4.69) is 21.2 Å². The first kappa shape index (κ1) is 12.2. The fraction of sp³-hybridized carbons (Fsp3) is 0.333. The number of carbonyl (C=O) groups is 2. The van der Waals surface area contributed by atoms with Crippen molar-refractivity contribution in [3.8, 4) is 0 Å². The van der Waals surface area contributed by atoms with Crippen molar-refractivity contribution in [3.63, 3.8) is 0 Å². The van der Waals surface area contributed by atoms with Gasteiger partial charge in [0.1, 0.15) is 0 Å². The number of halogens is 1. The van der Waals surface area contributed by atoms with Gasteiger partial charge in [0.15, 0.2) is 0 Å². The topological polar surface area (TPSA) is 49.4 Å². The summed E-state index contributed by atoms with van der Waals surface area (Å²) in [6, 6.07) is 1.72. The van der Waals surface area contributed by atoms with E-state index in [0.717, 1.165) is 3.79 Å². The maximum atomic E-state index is 11.5. The van der Waals surface area contributed by atoms with Crippen molar-refractivity contribution in [1.29, 1.82) is 0 Å². The van der Waals surface area contributed by atoms with Crippen LogP contribution < -0.4 is 5.32 Å². The Morgan fingerprint density at radius 2 is 2.20 bits per heavy atom. The van der Waals surface area contributed by atoms with Crippen LogP contribution in [0.2, 0.25) is 0 Å². The minimum Gasteiger partial charge on any atom is -0.347 e. The van der Waals surface area contributed by atoms with Gasteiger partial charge in [-0.1, -0.05) is 0 Å². The summed E-state index contributed by atoms with van der Waals surface area (Å²) in [6.07, 6.45) is 0. The van der Waals surface area contributed by atoms with Crippen molar-refractivity contribution >= 4 is 39.1 Å². The van der Waals surface area contributed by atoms with Crippen LogP contribution in [0.15, 0.2) is 15.2 Å². The van der Waals surface area contributed by atoms with Crippen LogP contribution in [0.3, 0.4) is 0 Å². The van der Waals surface area contributed by atoms with Gasteiger partial charge in [-0.25, -0.2) is 0 Å². The summed E-state index contributed by atoms with van der Waals surface area (Å²) in [6.45, 7) is 0.0271. The SMILES string of the molecule is CN(C)C(=O)CNC(=O)c1csc(Br)c1. The van der Waals surface area contributed by atoms with E-state index >= 15 is 0 Å². The van der Waals surface area contributed by atoms with E-state index in [1.54, 1.807) is 25.5 Å². The first-order valence-electron chi connectivity index (χ1n) is 4.23. The number of rotatable bonds is 3. The van der Waals surface area contributed by atoms with Gasteiger partial charge in [-0.05, 0) is 22.0 Å². The summed E-state index contributed by atoms with van der Waals surface area (Å²) in [5, 5.41) is 4.28. The number of hydrogen-bond acceptors (Lipinski definition) is 3. The molecule has 0 radical (unpaired) electrons. The van der Waals surface area contributed by atoms with E-state index in [4.69, 9.17) is 0 Å². The highest BCUT2D eigenvalue weighted by Crippen LogP contribution is 2.20. The third-order valence-electron chi connectivity index (χ3n) is 1.73. The molecule has 0 aliphatic rings. The zero-order valence-corrected chi connectivity index (χ0v) is 10.8. The lowest BCUT2D eigenvalue weighted by Gasteiger charge is -2.10. The van der Waals surface area contributed by atoms with E-state index in [9.17, 15) is 9.59 Å². The average molecular weight is 291 g/mol. The Labute approximate surface area is 100 Å². The lowest BCUT2D eigenvalue weighted by Crippen LogP contribution is -2.36. The van der Waals surface area contributed by atoms with Crippen molar-refractivity contribution in [2.75, 3.05) is 20.6 Å². The molecule has 4 nitrogen and oxygen atoms in total. The highest BCUT2D eigenvalue weighted by atomic mass is 79.9. The number of hydrogen-bond donors (Lipinski definition) is 1. The Morgan fingerprint density at radius 1 is 1.53 bits per heavy atom. The first-order chi connectivity index (χ1) is 7.00. The molecule has 1 heterocycles. The van der Waals surface area contributed by atoms with Crippen LogP contribution in [0, 0.1) is 0 Å². The molecule has 82 valence electrons. The highest BCUT2D eigenvalue weighted by Gasteiger charge is 2.10. The fourth-order valence-corrected chi connectivity index (χ4v) is 1.98. The zero-order chi connectivity index (χ0) is 11.4. The molecule has 15 heavy (non-hydrogen) atoms. The summed E-state index contributed by atoms with van der Waals surface area (Å²) >= 11 is 4.70. The van der Waals surface area contributed by atoms with Crippen molar-refractivity contribution in [2.24, 2.45) is 0 Å². The van der Waals surface area contributed by atoms with Crippen molar-refractivity contribution in [1.82, 2.24) is 10.2 Å². The van der Waals surface area contributed by atoms with Gasteiger partial charge in [0.05, 0.1) is 15.9 Å². The van der Waals surface area contributed by atoms with Crippen LogP contribution in [0.5, 0.6) is 0 Å². The molecule has 0 fully saturated rings. The Kier molecular flexibility index (Phi) is 4.28. The molecule has 6 heteroatoms. The molecule has 1 rings (SSSR count). The second-order valence-corrected chi connectivity index (χ2v) is 5.40. The van der Waals surface area contributed by atoms with Gasteiger partial charge in [0, 0.05) is 19.5 Å². The van der Waals surface area contributed by atoms with Gasteiger partial charge in [-0.15, -0.1) is 11.3 Å². The predicted octanol–water partition coefficient (Wildman–Crippen LogP) is 1.33. The monoisotopic (exact) mass is 290 g/mol. The van der Waals surface area contributed by atoms with Gasteiger partial charge in [0.2, 0.25) is 5.91 Å². The van der Waals surface area contributed by atoms with Crippen LogP contribution in [0.4, 0.5) is 0 Å². The third kappa shape index (κ3) is 3.64. The van der Waals surface area contributed by atoms with Crippen LogP contribution in [-0.2, 0) is 4.79 Å². The molecule has 0 spiro atoms. The van der Waals surface area contributed by atoms with Crippen LogP contribution in [0.1, 0.15) is 10.4 Å². The van der Waals surface area contributed by atoms with Crippen molar-refractivity contribution in [3.05, 3.63) is 20.8 Å². The standard InChI is InChI=1S/C9H11BrN2O2S/c1-12(2)8(13)4-11-9(14)6-3-7(10)15-5-6/h3,5H,4H2,1-2H3,(H,11,14). The van der Waals surface area contributed by atoms with E-state index in [1.165, 1.54) is 16.2 Å². The van der Waals surface area contributed by atoms with Crippen molar-refractivity contribution < 1.29 is 9.59 Å². The quantitative estimate of drug-likeness (QED) is 0.913. The molecule has 0 aromatic carbocycles. The van der Waals surface area contributed by atoms with E-state index in [0.29, 0.717) is 5.56 Å². The van der Waals surface area contributed by atoms with E-state index < -0.39 is 0 Å². The molecule has 0 aliphatic heterocycles. The third-order valence-corrected chi connectivity index (χ3v) is 3.23. The minimum absolute atomic E-state index is 0.0271. The number of nitrogens with zero attached hydrogens (tertiary/aromatic N) is 1. The highest BCUT2D eigenvalue weighted by molar-refractivity contribution is 9.11. The Balaban J connectivity index is 2.47. The second kappa shape index (κ2) is 5.27. The zero-order valence-electron chi connectivity index (χ0n) is 8.41. The normalized spacial score (nSPS) is 9.80. The molecule has 0 bridgehead atoms. The van der Waals surface area contributed by atoms with Gasteiger partial charge >= 0.3 is 0 Å². The minimum atomic E-state index is -0.229. The molecule has 1 aromatic heterocycles. The Hall–Kier alpha value is -0.880. The molecule has 2 amide bonds. The van der Waals surface area contributed by atoms with Crippen LogP contribution in [0.25, 0.3) is 0 Å². The largest absolute Gasteiger partial charge is 0.347 e. The van der Waals surface area contributed by atoms with Gasteiger partial charge in [-0.3, -0.25) is 9.59 Å². The van der Waals surface area contributed by atoms with E-state index in [1.807, 2.05) is 0 Å². The number of thiophene rings is 1. The van der Waals surface area contributed by atoms with Crippen LogP contribution >= 0.6 is 27.3 Å². The molecule has 1 aromatic rings. The average Bonchev–Trinajstić information content (AvgIpc) is 2.60. The summed E-state index contributed by atoms with van der Waals surface area (Å²) in [5.41, 5.74) is 0.568. The molecular weight excluding hydrogens is 280 g/mol. The molecule has 0 atom stereocenters. The maximum absolute atomic E-state index is 11.5. The van der Waals surface area contributed by atoms with Gasteiger partial charge in [-0.2, -0.15) is 0 Å². The predicted molar refractivity (Wildman–Crippen MR) is 63.0 cm³/mol. The number of likely N-dealkylation sites (N-methyl/N-ethyl adjacent to an activating group) is 1. The lowest BCUT2D eigenvalue weighted by atomic mass is 10.3. The molecule has 0 unspecified atom stereocenters. The summed E-state index contributed by atoms with van der Waals surface area (Å²) in [7, 11) is 3.30. The molecule has 0 saturated carbocycles. The Bertz CT molecular complexity index is 376. The Morgan fingerprint density at radius 3 is 2.67 bits per heavy atom. The summed E-state index contributed by atoms with van der Waals surface area (Å²) in [5.74, 6) is -0.357. The molecule has 1 N–H and O–H groups in total. The second-order valence-electron chi connectivity index (χ2n) is 3.11. The van der Waals surface area contributed by atoms with Gasteiger partial charge in [0.25, 0.3) is 5.91 Å². The fourth-order valence-electron chi connectivity index (χ4n) is 0.845. The van der Waals surface area contributed by atoms with Crippen molar-refractivity contribution in [2.45, 2.75) is 0 Å². The lowest BCUT2D eigenvalue weighted by molar-refractivity contribution is -0.127. The number of nitrogens with one attached hydrogen (secondary N) is 1. The van der Waals surface area contributed by atoms with Gasteiger partial charge < -0.3 is 10.2 Å². The maximum Gasteiger partial charge on any atom is 0.252 e. The number of carbonyl (C=O) groups excluding carboxylic acids is 2. The molecule has 0 aliphatic carbocycles. The summed E-state index contributed by atoms with van der Waals surface area (Å²) in [4.78, 5) is 24.1. The first-order valence-corrected chi connectivity index (χ1v) is 5.90. The summed E-state index contributed by atoms with van der Waals surface area (Å²) < 4.78 is 0.895. The van der Waals surface area contributed by atoms with E-state index in [-0.39, 0.29) is 18.4 Å². The molecular formula is C9H11BrN2O2S.